The van der Waals surface area contributed by atoms with E-state index in [2.05, 4.69) is 10.3 Å². The van der Waals surface area contributed by atoms with E-state index < -0.39 is 0 Å². The van der Waals surface area contributed by atoms with Crippen LogP contribution in [0.2, 0.25) is 0 Å². The third-order valence-corrected chi connectivity index (χ3v) is 4.39. The summed E-state index contributed by atoms with van der Waals surface area (Å²) in [6.45, 7) is 2.89. The van der Waals surface area contributed by atoms with Crippen LogP contribution in [0.3, 0.4) is 0 Å². The molecule has 0 unspecified atom stereocenters. The van der Waals surface area contributed by atoms with Gasteiger partial charge in [0, 0.05) is 12.1 Å². The second-order valence-electron chi connectivity index (χ2n) is 6.19. The molecule has 0 bridgehead atoms. The Labute approximate surface area is 144 Å². The van der Waals surface area contributed by atoms with Crippen molar-refractivity contribution in [2.75, 3.05) is 30.0 Å². The highest BCUT2D eigenvalue weighted by Crippen LogP contribution is 2.35. The molecular formula is C18H18FN3O3. The lowest BCUT2D eigenvalue weighted by atomic mass is 10.0. The Morgan fingerprint density at radius 2 is 2.12 bits per heavy atom. The lowest BCUT2D eigenvalue weighted by Gasteiger charge is -2.40. The molecular weight excluding hydrogens is 325 g/mol. The number of rotatable bonds is 2. The maximum absolute atomic E-state index is 14.3. The molecule has 6 nitrogen and oxygen atoms in total. The number of fused-ring (bicyclic) bond motifs is 1. The highest BCUT2D eigenvalue weighted by molar-refractivity contribution is 5.94. The molecule has 4 rings (SSSR count). The fourth-order valence-electron chi connectivity index (χ4n) is 3.17. The van der Waals surface area contributed by atoms with Gasteiger partial charge in [0.05, 0.1) is 18.8 Å². The first-order valence-corrected chi connectivity index (χ1v) is 8.18. The van der Waals surface area contributed by atoms with Gasteiger partial charge < -0.3 is 19.7 Å². The molecule has 2 aliphatic heterocycles. The summed E-state index contributed by atoms with van der Waals surface area (Å²) in [4.78, 5) is 18.1. The van der Waals surface area contributed by atoms with Gasteiger partial charge in [-0.2, -0.15) is 0 Å². The van der Waals surface area contributed by atoms with Crippen molar-refractivity contribution in [3.05, 3.63) is 47.8 Å². The number of ether oxygens (including phenoxy) is 2. The Morgan fingerprint density at radius 1 is 1.28 bits per heavy atom. The highest BCUT2D eigenvalue weighted by Gasteiger charge is 2.31. The fraction of sp³-hybridized carbons (Fsp3) is 0.333. The number of halogens is 1. The van der Waals surface area contributed by atoms with Crippen molar-refractivity contribution in [2.24, 2.45) is 0 Å². The van der Waals surface area contributed by atoms with Gasteiger partial charge in [0.25, 0.3) is 5.91 Å². The number of pyridine rings is 1. The van der Waals surface area contributed by atoms with E-state index >= 15 is 0 Å². The first kappa shape index (κ1) is 15.8. The van der Waals surface area contributed by atoms with E-state index in [1.165, 1.54) is 6.07 Å². The number of hydrogen-bond acceptors (Lipinski definition) is 5. The van der Waals surface area contributed by atoms with Crippen LogP contribution >= 0.6 is 0 Å². The first-order valence-electron chi connectivity index (χ1n) is 8.18. The monoisotopic (exact) mass is 343 g/mol. The Kier molecular flexibility index (Phi) is 4.01. The molecule has 2 aromatic rings. The molecule has 1 aromatic heterocycles. The topological polar surface area (TPSA) is 63.7 Å². The molecule has 0 aliphatic carbocycles. The van der Waals surface area contributed by atoms with Crippen LogP contribution in [0.1, 0.15) is 18.5 Å². The highest BCUT2D eigenvalue weighted by atomic mass is 19.1. The Hall–Kier alpha value is -2.67. The third kappa shape index (κ3) is 3.02. The number of carbonyl (C=O) groups excluding carboxylic acids is 1. The molecule has 0 spiro atoms. The van der Waals surface area contributed by atoms with Gasteiger partial charge in [0.2, 0.25) is 0 Å². The lowest BCUT2D eigenvalue weighted by molar-refractivity contribution is -0.118. The van der Waals surface area contributed by atoms with Crippen LogP contribution in [0.5, 0.6) is 5.75 Å². The fourth-order valence-corrected chi connectivity index (χ4v) is 3.17. The Morgan fingerprint density at radius 3 is 2.96 bits per heavy atom. The van der Waals surface area contributed by atoms with Gasteiger partial charge in [-0.25, -0.2) is 9.37 Å². The molecule has 1 saturated heterocycles. The predicted molar refractivity (Wildman–Crippen MR) is 90.3 cm³/mol. The van der Waals surface area contributed by atoms with E-state index in [1.807, 2.05) is 24.0 Å². The summed E-state index contributed by atoms with van der Waals surface area (Å²) in [5.74, 6) is 1.06. The van der Waals surface area contributed by atoms with Crippen LogP contribution < -0.4 is 15.0 Å². The van der Waals surface area contributed by atoms with Crippen LogP contribution in [0.15, 0.2) is 36.4 Å². The number of nitrogens with one attached hydrogen (secondary N) is 1. The number of carbonyl (C=O) groups is 1. The zero-order chi connectivity index (χ0) is 17.4. The Bertz CT molecular complexity index is 814. The van der Waals surface area contributed by atoms with E-state index in [0.29, 0.717) is 36.1 Å². The number of morpholine rings is 1. The minimum Gasteiger partial charge on any atom is -0.480 e. The van der Waals surface area contributed by atoms with E-state index in [4.69, 9.17) is 9.47 Å². The van der Waals surface area contributed by atoms with Crippen LogP contribution in [-0.4, -0.2) is 36.8 Å². The molecule has 1 N–H and O–H groups in total. The summed E-state index contributed by atoms with van der Waals surface area (Å²) < 4.78 is 25.4. The quantitative estimate of drug-likeness (QED) is 0.908. The van der Waals surface area contributed by atoms with Crippen LogP contribution in [-0.2, 0) is 9.53 Å². The maximum atomic E-state index is 14.3. The van der Waals surface area contributed by atoms with Gasteiger partial charge in [-0.05, 0) is 25.1 Å². The molecule has 2 atom stereocenters. The largest absolute Gasteiger partial charge is 0.480 e. The zero-order valence-electron chi connectivity index (χ0n) is 13.7. The molecule has 1 fully saturated rings. The maximum Gasteiger partial charge on any atom is 0.263 e. The van der Waals surface area contributed by atoms with Gasteiger partial charge in [0.1, 0.15) is 11.6 Å². The van der Waals surface area contributed by atoms with E-state index in [0.717, 1.165) is 0 Å². The average Bonchev–Trinajstić information content (AvgIpc) is 2.62. The zero-order valence-corrected chi connectivity index (χ0v) is 13.7. The second-order valence-corrected chi connectivity index (χ2v) is 6.19. The lowest BCUT2D eigenvalue weighted by Crippen LogP contribution is -2.44. The minimum absolute atomic E-state index is 0.00769. The Balaban J connectivity index is 1.71. The minimum atomic E-state index is -0.289. The molecule has 0 radical (unpaired) electrons. The van der Waals surface area contributed by atoms with Crippen molar-refractivity contribution in [3.63, 3.8) is 0 Å². The normalized spacial score (nSPS) is 22.8. The summed E-state index contributed by atoms with van der Waals surface area (Å²) >= 11 is 0. The van der Waals surface area contributed by atoms with Crippen molar-refractivity contribution < 1.29 is 18.7 Å². The molecule has 2 aliphatic rings. The summed E-state index contributed by atoms with van der Waals surface area (Å²) in [6, 6.07) is 9.98. The van der Waals surface area contributed by atoms with Crippen LogP contribution in [0.25, 0.3) is 0 Å². The average molecular weight is 343 g/mol. The van der Waals surface area contributed by atoms with Crippen LogP contribution in [0, 0.1) is 5.82 Å². The summed E-state index contributed by atoms with van der Waals surface area (Å²) in [5.41, 5.74) is 0.564. The number of nitrogens with zero attached hydrogens (tertiary/aromatic N) is 2. The van der Waals surface area contributed by atoms with Gasteiger partial charge >= 0.3 is 0 Å². The van der Waals surface area contributed by atoms with Gasteiger partial charge in [0.15, 0.2) is 18.2 Å². The van der Waals surface area contributed by atoms with E-state index in [-0.39, 0.29) is 30.5 Å². The molecule has 1 amide bonds. The SMILES string of the molecule is C[C@@H]1CN(c2ccc3c(n2)NC(=O)CO3)[C@H](c2ccccc2F)CO1. The summed E-state index contributed by atoms with van der Waals surface area (Å²) in [5, 5.41) is 2.71. The molecule has 130 valence electrons. The number of anilines is 2. The molecule has 3 heterocycles. The number of hydrogen-bond donors (Lipinski definition) is 1. The number of aromatic nitrogens is 1. The van der Waals surface area contributed by atoms with Crippen molar-refractivity contribution in [1.29, 1.82) is 0 Å². The smallest absolute Gasteiger partial charge is 0.263 e. The van der Waals surface area contributed by atoms with Gasteiger partial charge in [-0.15, -0.1) is 0 Å². The van der Waals surface area contributed by atoms with Crippen molar-refractivity contribution in [2.45, 2.75) is 19.1 Å². The second kappa shape index (κ2) is 6.33. The van der Waals surface area contributed by atoms with Gasteiger partial charge in [-0.3, -0.25) is 4.79 Å². The predicted octanol–water partition coefficient (Wildman–Crippen LogP) is 2.52. The van der Waals surface area contributed by atoms with Gasteiger partial charge in [-0.1, -0.05) is 18.2 Å². The number of amides is 1. The molecule has 0 saturated carbocycles. The van der Waals surface area contributed by atoms with Crippen molar-refractivity contribution >= 4 is 17.5 Å². The summed E-state index contributed by atoms with van der Waals surface area (Å²) in [6.07, 6.45) is -0.00769. The van der Waals surface area contributed by atoms with Crippen LogP contribution in [0.4, 0.5) is 16.0 Å². The van der Waals surface area contributed by atoms with Crippen molar-refractivity contribution in [1.82, 2.24) is 4.98 Å². The third-order valence-electron chi connectivity index (χ3n) is 4.39. The molecule has 7 heteroatoms. The van der Waals surface area contributed by atoms with Crippen molar-refractivity contribution in [3.8, 4) is 5.75 Å². The number of benzene rings is 1. The standard InChI is InChI=1S/C18H18FN3O3/c1-11-8-22(14(9-24-11)12-4-2-3-5-13(12)19)16-7-6-15-18(20-16)21-17(23)10-25-15/h2-7,11,14H,8-10H2,1H3,(H,20,21,23)/t11-,14+/m1/s1. The van der Waals surface area contributed by atoms with E-state index in [9.17, 15) is 9.18 Å². The summed E-state index contributed by atoms with van der Waals surface area (Å²) in [7, 11) is 0. The van der Waals surface area contributed by atoms with E-state index in [1.54, 1.807) is 18.2 Å². The molecule has 25 heavy (non-hydrogen) atoms. The first-order chi connectivity index (χ1) is 12.1. The molecule has 1 aromatic carbocycles.